The molecule has 162 valence electrons. The number of ether oxygens (including phenoxy) is 1. The van der Waals surface area contributed by atoms with Crippen molar-refractivity contribution in [3.05, 3.63) is 70.7 Å². The van der Waals surface area contributed by atoms with Crippen LogP contribution in [0.2, 0.25) is 0 Å². The number of nitrogens with zero attached hydrogens (tertiary/aromatic N) is 1. The molecule has 1 aliphatic rings. The van der Waals surface area contributed by atoms with E-state index >= 15 is 0 Å². The minimum absolute atomic E-state index is 0.0140. The Hall–Kier alpha value is -2.31. The van der Waals surface area contributed by atoms with E-state index in [2.05, 4.69) is 48.1 Å². The number of carbonyl (C=O) groups is 1. The van der Waals surface area contributed by atoms with Crippen LogP contribution < -0.4 is 10.6 Å². The van der Waals surface area contributed by atoms with Gasteiger partial charge in [0.15, 0.2) is 5.88 Å². The van der Waals surface area contributed by atoms with Crippen molar-refractivity contribution in [3.8, 4) is 0 Å². The second-order valence-electron chi connectivity index (χ2n) is 7.91. The van der Waals surface area contributed by atoms with Crippen LogP contribution in [0.1, 0.15) is 43.2 Å². The Balaban J connectivity index is 1.58. The molecule has 3 rings (SSSR count). The fourth-order valence-electron chi connectivity index (χ4n) is 3.55. The van der Waals surface area contributed by atoms with Gasteiger partial charge < -0.3 is 20.3 Å². The number of piperazine rings is 1. The first-order valence-corrected chi connectivity index (χ1v) is 11.6. The second-order valence-corrected chi connectivity index (χ2v) is 8.94. The third-order valence-corrected chi connectivity index (χ3v) is 6.50. The van der Waals surface area contributed by atoms with Crippen molar-refractivity contribution < 1.29 is 9.53 Å². The summed E-state index contributed by atoms with van der Waals surface area (Å²) < 4.78 is 6.37. The predicted molar refractivity (Wildman–Crippen MR) is 123 cm³/mol. The second kappa shape index (κ2) is 11.2. The van der Waals surface area contributed by atoms with Gasteiger partial charge in [0.1, 0.15) is 12.1 Å². The molecule has 30 heavy (non-hydrogen) atoms. The molecule has 6 heteroatoms. The topological polar surface area (TPSA) is 53.6 Å². The van der Waals surface area contributed by atoms with Crippen molar-refractivity contribution in [2.24, 2.45) is 5.92 Å². The Labute approximate surface area is 184 Å². The van der Waals surface area contributed by atoms with Crippen LogP contribution in [0.25, 0.3) is 0 Å². The van der Waals surface area contributed by atoms with Crippen molar-refractivity contribution >= 4 is 17.2 Å². The zero-order chi connectivity index (χ0) is 21.3. The van der Waals surface area contributed by atoms with Crippen LogP contribution in [-0.2, 0) is 16.1 Å². The SMILES string of the molecule is C=C(OC(CC(C)CC)c1ccccc1)N1CCNC(C(=O)NCc2cccs2)C1. The summed E-state index contributed by atoms with van der Waals surface area (Å²) in [6.07, 6.45) is 2.02. The molecule has 2 heterocycles. The molecule has 1 aromatic carbocycles. The highest BCUT2D eigenvalue weighted by atomic mass is 32.1. The monoisotopic (exact) mass is 427 g/mol. The average molecular weight is 428 g/mol. The molecule has 0 bridgehead atoms. The number of nitrogens with one attached hydrogen (secondary N) is 2. The van der Waals surface area contributed by atoms with Crippen LogP contribution in [-0.4, -0.2) is 36.5 Å². The minimum Gasteiger partial charge on any atom is -0.471 e. The van der Waals surface area contributed by atoms with E-state index in [1.54, 1.807) is 11.3 Å². The Kier molecular flexibility index (Phi) is 8.34. The van der Waals surface area contributed by atoms with Gasteiger partial charge in [0.2, 0.25) is 5.91 Å². The molecule has 1 amide bonds. The number of benzene rings is 1. The molecule has 0 saturated carbocycles. The van der Waals surface area contributed by atoms with E-state index in [0.717, 1.165) is 30.8 Å². The van der Waals surface area contributed by atoms with Crippen molar-refractivity contribution in [1.82, 2.24) is 15.5 Å². The van der Waals surface area contributed by atoms with Crippen molar-refractivity contribution in [2.45, 2.75) is 45.4 Å². The highest BCUT2D eigenvalue weighted by molar-refractivity contribution is 7.09. The van der Waals surface area contributed by atoms with Crippen LogP contribution >= 0.6 is 11.3 Å². The van der Waals surface area contributed by atoms with Crippen LogP contribution in [0.3, 0.4) is 0 Å². The highest BCUT2D eigenvalue weighted by Crippen LogP contribution is 2.29. The number of thiophene rings is 1. The molecule has 0 spiro atoms. The summed E-state index contributed by atoms with van der Waals surface area (Å²) in [7, 11) is 0. The summed E-state index contributed by atoms with van der Waals surface area (Å²) in [6.45, 7) is 11.3. The Morgan fingerprint density at radius 3 is 2.83 bits per heavy atom. The number of hydrogen-bond acceptors (Lipinski definition) is 5. The molecule has 3 unspecified atom stereocenters. The highest BCUT2D eigenvalue weighted by Gasteiger charge is 2.28. The minimum atomic E-state index is -0.274. The molecule has 0 aliphatic carbocycles. The third kappa shape index (κ3) is 6.34. The van der Waals surface area contributed by atoms with E-state index in [9.17, 15) is 4.79 Å². The van der Waals surface area contributed by atoms with E-state index in [4.69, 9.17) is 4.74 Å². The molecule has 0 radical (unpaired) electrons. The van der Waals surface area contributed by atoms with Gasteiger partial charge in [-0.25, -0.2) is 0 Å². The average Bonchev–Trinajstić information content (AvgIpc) is 3.31. The quantitative estimate of drug-likeness (QED) is 0.555. The number of carbonyl (C=O) groups excluding carboxylic acids is 1. The van der Waals surface area contributed by atoms with Crippen LogP contribution in [0, 0.1) is 5.92 Å². The summed E-state index contributed by atoms with van der Waals surface area (Å²) in [4.78, 5) is 15.9. The summed E-state index contributed by atoms with van der Waals surface area (Å²) in [5, 5.41) is 8.36. The van der Waals surface area contributed by atoms with Gasteiger partial charge >= 0.3 is 0 Å². The summed E-state index contributed by atoms with van der Waals surface area (Å²) in [5.41, 5.74) is 1.17. The Bertz CT molecular complexity index is 794. The van der Waals surface area contributed by atoms with Crippen LogP contribution in [0.4, 0.5) is 0 Å². The largest absolute Gasteiger partial charge is 0.471 e. The smallest absolute Gasteiger partial charge is 0.239 e. The third-order valence-electron chi connectivity index (χ3n) is 5.62. The lowest BCUT2D eigenvalue weighted by Crippen LogP contribution is -2.56. The lowest BCUT2D eigenvalue weighted by Gasteiger charge is -2.36. The lowest BCUT2D eigenvalue weighted by atomic mass is 9.96. The van der Waals surface area contributed by atoms with Gasteiger partial charge in [0.25, 0.3) is 0 Å². The fraction of sp³-hybridized carbons (Fsp3) is 0.458. The summed E-state index contributed by atoms with van der Waals surface area (Å²) in [5.74, 6) is 1.21. The Morgan fingerprint density at radius 1 is 1.33 bits per heavy atom. The van der Waals surface area contributed by atoms with Gasteiger partial charge in [-0.2, -0.15) is 0 Å². The van der Waals surface area contributed by atoms with Gasteiger partial charge in [0.05, 0.1) is 6.54 Å². The van der Waals surface area contributed by atoms with Gasteiger partial charge in [-0.05, 0) is 35.9 Å². The van der Waals surface area contributed by atoms with Crippen molar-refractivity contribution in [3.63, 3.8) is 0 Å². The van der Waals surface area contributed by atoms with Gasteiger partial charge in [-0.1, -0.05) is 56.7 Å². The van der Waals surface area contributed by atoms with Gasteiger partial charge in [-0.3, -0.25) is 4.79 Å². The van der Waals surface area contributed by atoms with Crippen LogP contribution in [0.5, 0.6) is 0 Å². The van der Waals surface area contributed by atoms with E-state index in [1.165, 1.54) is 5.56 Å². The summed E-state index contributed by atoms with van der Waals surface area (Å²) >= 11 is 1.65. The van der Waals surface area contributed by atoms with Gasteiger partial charge in [-0.15, -0.1) is 11.3 Å². The number of amides is 1. The maximum atomic E-state index is 12.6. The number of rotatable bonds is 10. The van der Waals surface area contributed by atoms with E-state index in [1.807, 2.05) is 35.7 Å². The molecular weight excluding hydrogens is 394 g/mol. The van der Waals surface area contributed by atoms with E-state index in [0.29, 0.717) is 24.9 Å². The first-order valence-electron chi connectivity index (χ1n) is 10.8. The van der Waals surface area contributed by atoms with E-state index < -0.39 is 0 Å². The van der Waals surface area contributed by atoms with Crippen molar-refractivity contribution in [1.29, 1.82) is 0 Å². The molecule has 1 aromatic heterocycles. The molecule has 1 fully saturated rings. The molecule has 3 atom stereocenters. The standard InChI is InChI=1S/C24H33N3O2S/c1-4-18(2)15-23(20-9-6-5-7-10-20)29-19(3)27-13-12-25-22(17-27)24(28)26-16-21-11-8-14-30-21/h5-11,14,18,22-23,25H,3-4,12-13,15-17H2,1-2H3,(H,26,28). The normalized spacial score (nSPS) is 18.5. The Morgan fingerprint density at radius 2 is 2.13 bits per heavy atom. The fourth-order valence-corrected chi connectivity index (χ4v) is 4.20. The zero-order valence-corrected chi connectivity index (χ0v) is 18.8. The van der Waals surface area contributed by atoms with Crippen molar-refractivity contribution in [2.75, 3.05) is 19.6 Å². The molecular formula is C24H33N3O2S. The first kappa shape index (κ1) is 22.4. The first-order chi connectivity index (χ1) is 14.6. The summed E-state index contributed by atoms with van der Waals surface area (Å²) in [6, 6.07) is 14.1. The van der Waals surface area contributed by atoms with Gasteiger partial charge in [0, 0.05) is 24.5 Å². The molecule has 2 aromatic rings. The molecule has 5 nitrogen and oxygen atoms in total. The molecule has 2 N–H and O–H groups in total. The molecule has 1 aliphatic heterocycles. The molecule has 1 saturated heterocycles. The maximum Gasteiger partial charge on any atom is 0.239 e. The maximum absolute atomic E-state index is 12.6. The lowest BCUT2D eigenvalue weighted by molar-refractivity contribution is -0.124. The zero-order valence-electron chi connectivity index (χ0n) is 18.0. The van der Waals surface area contributed by atoms with E-state index in [-0.39, 0.29) is 18.1 Å². The predicted octanol–water partition coefficient (Wildman–Crippen LogP) is 4.30. The van der Waals surface area contributed by atoms with Crippen LogP contribution in [0.15, 0.2) is 60.3 Å². The number of hydrogen-bond donors (Lipinski definition) is 2.